The molecule has 0 amide bonds. The molecule has 0 saturated carbocycles. The first-order valence-corrected chi connectivity index (χ1v) is 5.07. The minimum atomic E-state index is -0.956. The molecule has 2 rings (SSSR count). The maximum atomic E-state index is 10.1. The molecule has 0 aliphatic carbocycles. The minimum absolute atomic E-state index is 0.275. The quantitative estimate of drug-likeness (QED) is 0.833. The summed E-state index contributed by atoms with van der Waals surface area (Å²) in [5.41, 5.74) is 6.55. The lowest BCUT2D eigenvalue weighted by Gasteiger charge is -2.12. The Balaban J connectivity index is 2.44. The van der Waals surface area contributed by atoms with Gasteiger partial charge in [0.1, 0.15) is 11.9 Å². The number of rotatable bonds is 2. The van der Waals surface area contributed by atoms with E-state index < -0.39 is 6.10 Å². The molecular weight excluding hydrogens is 226 g/mol. The molecule has 5 heteroatoms. The zero-order valence-electron chi connectivity index (χ0n) is 8.34. The number of aromatic nitrogens is 2. The van der Waals surface area contributed by atoms with Crippen LogP contribution in [0.25, 0.3) is 0 Å². The Morgan fingerprint density at radius 2 is 1.88 bits per heavy atom. The SMILES string of the molecule is Nc1ncccc1C(O)c1ncccc1Cl. The van der Waals surface area contributed by atoms with Crippen molar-refractivity contribution in [1.29, 1.82) is 0 Å². The lowest BCUT2D eigenvalue weighted by Crippen LogP contribution is -2.07. The van der Waals surface area contributed by atoms with Crippen molar-refractivity contribution in [2.45, 2.75) is 6.10 Å². The van der Waals surface area contributed by atoms with E-state index in [0.717, 1.165) is 0 Å². The molecule has 0 saturated heterocycles. The van der Waals surface area contributed by atoms with E-state index in [4.69, 9.17) is 17.3 Å². The van der Waals surface area contributed by atoms with Gasteiger partial charge in [-0.15, -0.1) is 0 Å². The molecule has 0 spiro atoms. The first-order valence-electron chi connectivity index (χ1n) is 4.69. The van der Waals surface area contributed by atoms with Gasteiger partial charge in [-0.3, -0.25) is 4.98 Å². The largest absolute Gasteiger partial charge is 0.383 e. The van der Waals surface area contributed by atoms with Gasteiger partial charge in [0.15, 0.2) is 0 Å². The molecule has 0 bridgehead atoms. The highest BCUT2D eigenvalue weighted by atomic mass is 35.5. The topological polar surface area (TPSA) is 72.0 Å². The van der Waals surface area contributed by atoms with Gasteiger partial charge in [-0.25, -0.2) is 4.98 Å². The lowest BCUT2D eigenvalue weighted by molar-refractivity contribution is 0.216. The number of nitrogen functional groups attached to an aromatic ring is 1. The Morgan fingerprint density at radius 1 is 1.19 bits per heavy atom. The predicted octanol–water partition coefficient (Wildman–Crippen LogP) is 1.79. The van der Waals surface area contributed by atoms with Gasteiger partial charge in [0.25, 0.3) is 0 Å². The molecule has 0 aromatic carbocycles. The van der Waals surface area contributed by atoms with Gasteiger partial charge in [0, 0.05) is 18.0 Å². The zero-order chi connectivity index (χ0) is 11.5. The molecule has 2 aromatic heterocycles. The molecule has 1 unspecified atom stereocenters. The van der Waals surface area contributed by atoms with E-state index >= 15 is 0 Å². The van der Waals surface area contributed by atoms with Crippen LogP contribution in [0.3, 0.4) is 0 Å². The van der Waals surface area contributed by atoms with Crippen molar-refractivity contribution in [2.75, 3.05) is 5.73 Å². The predicted molar refractivity (Wildman–Crippen MR) is 62.0 cm³/mol. The number of anilines is 1. The van der Waals surface area contributed by atoms with Crippen LogP contribution in [0.1, 0.15) is 17.4 Å². The molecule has 2 heterocycles. The highest BCUT2D eigenvalue weighted by Gasteiger charge is 2.17. The van der Waals surface area contributed by atoms with Gasteiger partial charge < -0.3 is 10.8 Å². The first kappa shape index (κ1) is 10.9. The van der Waals surface area contributed by atoms with Crippen molar-refractivity contribution in [3.05, 3.63) is 52.9 Å². The van der Waals surface area contributed by atoms with Gasteiger partial charge in [0.05, 0.1) is 10.7 Å². The van der Waals surface area contributed by atoms with Gasteiger partial charge in [-0.2, -0.15) is 0 Å². The number of pyridine rings is 2. The summed E-state index contributed by atoms with van der Waals surface area (Å²) in [5.74, 6) is 0.275. The summed E-state index contributed by atoms with van der Waals surface area (Å²) >= 11 is 5.94. The van der Waals surface area contributed by atoms with Gasteiger partial charge in [-0.05, 0) is 18.2 Å². The fourth-order valence-electron chi connectivity index (χ4n) is 1.41. The lowest BCUT2D eigenvalue weighted by atomic mass is 10.1. The first-order chi connectivity index (χ1) is 7.70. The van der Waals surface area contributed by atoms with Gasteiger partial charge in [0.2, 0.25) is 0 Å². The second kappa shape index (κ2) is 4.47. The van der Waals surface area contributed by atoms with E-state index in [2.05, 4.69) is 9.97 Å². The number of nitrogens with zero attached hydrogens (tertiary/aromatic N) is 2. The van der Waals surface area contributed by atoms with Crippen LogP contribution < -0.4 is 5.73 Å². The van der Waals surface area contributed by atoms with Crippen LogP contribution in [0.15, 0.2) is 36.7 Å². The molecule has 4 nitrogen and oxygen atoms in total. The summed E-state index contributed by atoms with van der Waals surface area (Å²) < 4.78 is 0. The Morgan fingerprint density at radius 3 is 2.56 bits per heavy atom. The molecule has 16 heavy (non-hydrogen) atoms. The summed E-state index contributed by atoms with van der Waals surface area (Å²) in [6, 6.07) is 6.76. The van der Waals surface area contributed by atoms with Crippen molar-refractivity contribution < 1.29 is 5.11 Å². The van der Waals surface area contributed by atoms with Crippen molar-refractivity contribution in [3.63, 3.8) is 0 Å². The summed E-state index contributed by atoms with van der Waals surface area (Å²) in [5, 5.41) is 10.5. The highest BCUT2D eigenvalue weighted by molar-refractivity contribution is 6.31. The van der Waals surface area contributed by atoms with Crippen molar-refractivity contribution in [3.8, 4) is 0 Å². The number of halogens is 1. The van der Waals surface area contributed by atoms with Crippen LogP contribution in [0.2, 0.25) is 5.02 Å². The third kappa shape index (κ3) is 1.98. The maximum Gasteiger partial charge on any atom is 0.129 e. The third-order valence-electron chi connectivity index (χ3n) is 2.21. The van der Waals surface area contributed by atoms with E-state index in [0.29, 0.717) is 16.3 Å². The average Bonchev–Trinajstić information content (AvgIpc) is 2.29. The van der Waals surface area contributed by atoms with E-state index in [1.807, 2.05) is 0 Å². The fourth-order valence-corrected chi connectivity index (χ4v) is 1.63. The maximum absolute atomic E-state index is 10.1. The number of nitrogens with two attached hydrogens (primary N) is 1. The number of hydrogen-bond acceptors (Lipinski definition) is 4. The zero-order valence-corrected chi connectivity index (χ0v) is 9.09. The molecule has 1 atom stereocenters. The van der Waals surface area contributed by atoms with E-state index in [-0.39, 0.29) is 5.82 Å². The second-order valence-corrected chi connectivity index (χ2v) is 3.66. The minimum Gasteiger partial charge on any atom is -0.383 e. The van der Waals surface area contributed by atoms with Crippen LogP contribution in [-0.4, -0.2) is 15.1 Å². The highest BCUT2D eigenvalue weighted by Crippen LogP contribution is 2.28. The number of aliphatic hydroxyl groups excluding tert-OH is 1. The summed E-state index contributed by atoms with van der Waals surface area (Å²) in [6.07, 6.45) is 2.17. The monoisotopic (exact) mass is 235 g/mol. The van der Waals surface area contributed by atoms with Gasteiger partial charge in [-0.1, -0.05) is 17.7 Å². The van der Waals surface area contributed by atoms with Crippen LogP contribution >= 0.6 is 11.6 Å². The number of hydrogen-bond donors (Lipinski definition) is 2. The van der Waals surface area contributed by atoms with E-state index in [9.17, 15) is 5.11 Å². The fraction of sp³-hybridized carbons (Fsp3) is 0.0909. The van der Waals surface area contributed by atoms with E-state index in [1.54, 1.807) is 36.7 Å². The van der Waals surface area contributed by atoms with Crippen molar-refractivity contribution in [1.82, 2.24) is 9.97 Å². The van der Waals surface area contributed by atoms with Crippen molar-refractivity contribution >= 4 is 17.4 Å². The van der Waals surface area contributed by atoms with Crippen LogP contribution in [0.4, 0.5) is 5.82 Å². The average molecular weight is 236 g/mol. The van der Waals surface area contributed by atoms with Crippen LogP contribution in [0.5, 0.6) is 0 Å². The van der Waals surface area contributed by atoms with Crippen molar-refractivity contribution in [2.24, 2.45) is 0 Å². The molecule has 82 valence electrons. The second-order valence-electron chi connectivity index (χ2n) is 3.25. The molecular formula is C11H10ClN3O. The molecule has 0 aliphatic heterocycles. The third-order valence-corrected chi connectivity index (χ3v) is 2.53. The Bertz CT molecular complexity index is 459. The Kier molecular flexibility index (Phi) is 3.03. The van der Waals surface area contributed by atoms with Gasteiger partial charge >= 0.3 is 0 Å². The molecule has 0 radical (unpaired) electrons. The summed E-state index contributed by atoms with van der Waals surface area (Å²) in [6.45, 7) is 0. The van der Waals surface area contributed by atoms with E-state index in [1.165, 1.54) is 0 Å². The molecule has 3 N–H and O–H groups in total. The smallest absolute Gasteiger partial charge is 0.129 e. The van der Waals surface area contributed by atoms with Crippen LogP contribution in [0, 0.1) is 0 Å². The Hall–Kier alpha value is -1.65. The standard InChI is InChI=1S/C11H10ClN3O/c12-8-4-2-5-14-9(8)10(16)7-3-1-6-15-11(7)13/h1-6,10,16H,(H2,13,15). The molecule has 0 aliphatic rings. The molecule has 0 fully saturated rings. The summed E-state index contributed by atoms with van der Waals surface area (Å²) in [4.78, 5) is 7.93. The van der Waals surface area contributed by atoms with Crippen LogP contribution in [-0.2, 0) is 0 Å². The number of aliphatic hydroxyl groups is 1. The normalized spacial score (nSPS) is 12.4. The molecule has 2 aromatic rings. The Labute approximate surface area is 97.7 Å². The summed E-state index contributed by atoms with van der Waals surface area (Å²) in [7, 11) is 0.